The van der Waals surface area contributed by atoms with Gasteiger partial charge in [-0.05, 0) is 25.0 Å². The van der Waals surface area contributed by atoms with Crippen LogP contribution < -0.4 is 10.5 Å². The highest BCUT2D eigenvalue weighted by atomic mass is 35.5. The van der Waals surface area contributed by atoms with E-state index in [4.69, 9.17) is 38.4 Å². The van der Waals surface area contributed by atoms with Crippen molar-refractivity contribution < 1.29 is 9.47 Å². The molecular formula is C13H17Cl2NO2. The topological polar surface area (TPSA) is 44.5 Å². The first kappa shape index (κ1) is 13.9. The summed E-state index contributed by atoms with van der Waals surface area (Å²) < 4.78 is 10.7. The lowest BCUT2D eigenvalue weighted by Gasteiger charge is -2.23. The van der Waals surface area contributed by atoms with Crippen molar-refractivity contribution in [1.29, 1.82) is 0 Å². The van der Waals surface area contributed by atoms with Gasteiger partial charge in [-0.1, -0.05) is 23.2 Å². The van der Waals surface area contributed by atoms with Crippen molar-refractivity contribution in [2.75, 3.05) is 13.7 Å². The second kappa shape index (κ2) is 5.66. The molecule has 1 heterocycles. The van der Waals surface area contributed by atoms with Gasteiger partial charge < -0.3 is 15.2 Å². The third-order valence-electron chi connectivity index (χ3n) is 3.53. The second-order valence-electron chi connectivity index (χ2n) is 4.56. The molecule has 1 fully saturated rings. The molecule has 100 valence electrons. The first-order valence-corrected chi connectivity index (χ1v) is 6.70. The van der Waals surface area contributed by atoms with Crippen molar-refractivity contribution >= 4 is 23.2 Å². The molecule has 1 aromatic carbocycles. The SMILES string of the molecule is COc1cc(Cl)c(C(N)C2CCOC2C)cc1Cl. The molecule has 0 aromatic heterocycles. The van der Waals surface area contributed by atoms with Gasteiger partial charge in [-0.2, -0.15) is 0 Å². The summed E-state index contributed by atoms with van der Waals surface area (Å²) in [6, 6.07) is 3.33. The van der Waals surface area contributed by atoms with Crippen LogP contribution in [0.4, 0.5) is 0 Å². The number of hydrogen-bond donors (Lipinski definition) is 1. The van der Waals surface area contributed by atoms with E-state index in [-0.39, 0.29) is 18.1 Å². The van der Waals surface area contributed by atoms with Gasteiger partial charge in [0.05, 0.1) is 18.2 Å². The van der Waals surface area contributed by atoms with E-state index < -0.39 is 0 Å². The number of nitrogens with two attached hydrogens (primary N) is 1. The van der Waals surface area contributed by atoms with Gasteiger partial charge >= 0.3 is 0 Å². The first-order valence-electron chi connectivity index (χ1n) is 5.94. The summed E-state index contributed by atoms with van der Waals surface area (Å²) in [5.41, 5.74) is 7.14. The van der Waals surface area contributed by atoms with Crippen LogP contribution in [-0.4, -0.2) is 19.8 Å². The zero-order chi connectivity index (χ0) is 13.3. The Balaban J connectivity index is 2.30. The third kappa shape index (κ3) is 2.59. The molecule has 1 saturated heterocycles. The molecule has 0 radical (unpaired) electrons. The molecule has 0 amide bonds. The summed E-state index contributed by atoms with van der Waals surface area (Å²) in [5.74, 6) is 0.834. The molecule has 2 rings (SSSR count). The van der Waals surface area contributed by atoms with Crippen LogP contribution in [-0.2, 0) is 4.74 Å². The Labute approximate surface area is 117 Å². The highest BCUT2D eigenvalue weighted by Gasteiger charge is 2.31. The minimum absolute atomic E-state index is 0.150. The molecule has 0 spiro atoms. The molecular weight excluding hydrogens is 273 g/mol. The van der Waals surface area contributed by atoms with Gasteiger partial charge in [-0.25, -0.2) is 0 Å². The number of rotatable bonds is 3. The van der Waals surface area contributed by atoms with Crippen LogP contribution >= 0.6 is 23.2 Å². The summed E-state index contributed by atoms with van der Waals surface area (Å²) in [7, 11) is 1.56. The smallest absolute Gasteiger partial charge is 0.138 e. The molecule has 3 nitrogen and oxygen atoms in total. The van der Waals surface area contributed by atoms with Gasteiger partial charge in [0.15, 0.2) is 0 Å². The first-order chi connectivity index (χ1) is 8.54. The Morgan fingerprint density at radius 2 is 2.11 bits per heavy atom. The number of benzene rings is 1. The van der Waals surface area contributed by atoms with E-state index >= 15 is 0 Å². The average Bonchev–Trinajstić information content (AvgIpc) is 2.77. The summed E-state index contributed by atoms with van der Waals surface area (Å²) in [5, 5.41) is 1.11. The molecule has 1 aliphatic heterocycles. The minimum atomic E-state index is -0.168. The van der Waals surface area contributed by atoms with Gasteiger partial charge in [-0.15, -0.1) is 0 Å². The van der Waals surface area contributed by atoms with Crippen LogP contribution in [0.3, 0.4) is 0 Å². The lowest BCUT2D eigenvalue weighted by Crippen LogP contribution is -2.26. The van der Waals surface area contributed by atoms with Gasteiger partial charge in [0, 0.05) is 29.7 Å². The summed E-state index contributed by atoms with van der Waals surface area (Å²) in [6.07, 6.45) is 1.10. The van der Waals surface area contributed by atoms with E-state index in [9.17, 15) is 0 Å². The molecule has 1 aromatic rings. The lowest BCUT2D eigenvalue weighted by molar-refractivity contribution is 0.0995. The number of hydrogen-bond acceptors (Lipinski definition) is 3. The van der Waals surface area contributed by atoms with Crippen LogP contribution in [0.1, 0.15) is 24.9 Å². The van der Waals surface area contributed by atoms with Gasteiger partial charge in [0.2, 0.25) is 0 Å². The number of methoxy groups -OCH3 is 1. The van der Waals surface area contributed by atoms with E-state index in [0.29, 0.717) is 15.8 Å². The van der Waals surface area contributed by atoms with E-state index in [2.05, 4.69) is 0 Å². The summed E-state index contributed by atoms with van der Waals surface area (Å²) in [4.78, 5) is 0. The Bertz CT molecular complexity index is 439. The second-order valence-corrected chi connectivity index (χ2v) is 5.38. The third-order valence-corrected chi connectivity index (χ3v) is 4.15. The van der Waals surface area contributed by atoms with E-state index in [1.54, 1.807) is 19.2 Å². The van der Waals surface area contributed by atoms with Crippen molar-refractivity contribution in [3.05, 3.63) is 27.7 Å². The highest BCUT2D eigenvalue weighted by molar-refractivity contribution is 6.34. The molecule has 3 unspecified atom stereocenters. The predicted octanol–water partition coefficient (Wildman–Crippen LogP) is 3.43. The Hall–Kier alpha value is -0.480. The Morgan fingerprint density at radius 3 is 2.67 bits per heavy atom. The maximum Gasteiger partial charge on any atom is 0.138 e. The van der Waals surface area contributed by atoms with Gasteiger partial charge in [0.1, 0.15) is 5.75 Å². The molecule has 0 aliphatic carbocycles. The van der Waals surface area contributed by atoms with Crippen molar-refractivity contribution in [3.63, 3.8) is 0 Å². The fraction of sp³-hybridized carbons (Fsp3) is 0.538. The van der Waals surface area contributed by atoms with Crippen LogP contribution in [0.2, 0.25) is 10.0 Å². The zero-order valence-electron chi connectivity index (χ0n) is 10.5. The Kier molecular flexibility index (Phi) is 4.38. The molecule has 0 saturated carbocycles. The normalized spacial score (nSPS) is 25.2. The minimum Gasteiger partial charge on any atom is -0.495 e. The molecule has 18 heavy (non-hydrogen) atoms. The summed E-state index contributed by atoms with van der Waals surface area (Å²) in [6.45, 7) is 2.79. The average molecular weight is 290 g/mol. The zero-order valence-corrected chi connectivity index (χ0v) is 12.0. The number of halogens is 2. The van der Waals surface area contributed by atoms with Crippen molar-refractivity contribution in [2.45, 2.75) is 25.5 Å². The Morgan fingerprint density at radius 1 is 1.39 bits per heavy atom. The van der Waals surface area contributed by atoms with Crippen LogP contribution in [0, 0.1) is 5.92 Å². The van der Waals surface area contributed by atoms with Gasteiger partial charge in [-0.3, -0.25) is 0 Å². The van der Waals surface area contributed by atoms with Crippen LogP contribution in [0.5, 0.6) is 5.75 Å². The van der Waals surface area contributed by atoms with Crippen LogP contribution in [0.15, 0.2) is 12.1 Å². The van der Waals surface area contributed by atoms with Crippen molar-refractivity contribution in [2.24, 2.45) is 11.7 Å². The molecule has 5 heteroatoms. The number of ether oxygens (including phenoxy) is 2. The lowest BCUT2D eigenvalue weighted by atomic mass is 9.89. The van der Waals surface area contributed by atoms with Gasteiger partial charge in [0.25, 0.3) is 0 Å². The maximum absolute atomic E-state index is 6.29. The molecule has 0 bridgehead atoms. The quantitative estimate of drug-likeness (QED) is 0.927. The van der Waals surface area contributed by atoms with Crippen molar-refractivity contribution in [1.82, 2.24) is 0 Å². The molecule has 1 aliphatic rings. The predicted molar refractivity (Wildman–Crippen MR) is 73.5 cm³/mol. The van der Waals surface area contributed by atoms with Crippen molar-refractivity contribution in [3.8, 4) is 5.75 Å². The maximum atomic E-state index is 6.29. The van der Waals surface area contributed by atoms with E-state index in [1.807, 2.05) is 6.92 Å². The van der Waals surface area contributed by atoms with E-state index in [0.717, 1.165) is 18.6 Å². The molecule has 3 atom stereocenters. The van der Waals surface area contributed by atoms with Crippen LogP contribution in [0.25, 0.3) is 0 Å². The monoisotopic (exact) mass is 289 g/mol. The highest BCUT2D eigenvalue weighted by Crippen LogP contribution is 2.38. The molecule has 2 N–H and O–H groups in total. The fourth-order valence-corrected chi connectivity index (χ4v) is 2.94. The standard InChI is InChI=1S/C13H17Cl2NO2/c1-7-8(3-4-18-7)13(16)9-5-11(15)12(17-2)6-10(9)14/h5-8,13H,3-4,16H2,1-2H3. The fourth-order valence-electron chi connectivity index (χ4n) is 2.41. The van der Waals surface area contributed by atoms with E-state index in [1.165, 1.54) is 0 Å². The summed E-state index contributed by atoms with van der Waals surface area (Å²) >= 11 is 12.4. The largest absolute Gasteiger partial charge is 0.495 e.